The Labute approximate surface area is 96.2 Å². The Morgan fingerprint density at radius 2 is 2.19 bits per heavy atom. The summed E-state index contributed by atoms with van der Waals surface area (Å²) >= 11 is 0. The van der Waals surface area contributed by atoms with E-state index in [-0.39, 0.29) is 5.54 Å². The molecule has 1 aromatic heterocycles. The Bertz CT molecular complexity index is 399. The van der Waals surface area contributed by atoms with Crippen molar-refractivity contribution in [2.24, 2.45) is 10.7 Å². The van der Waals surface area contributed by atoms with Crippen LogP contribution in [-0.2, 0) is 5.54 Å². The molecule has 0 bridgehead atoms. The molecule has 1 unspecified atom stereocenters. The van der Waals surface area contributed by atoms with Gasteiger partial charge >= 0.3 is 0 Å². The first-order valence-electron chi connectivity index (χ1n) is 5.56. The fourth-order valence-corrected chi connectivity index (χ4v) is 2.36. The van der Waals surface area contributed by atoms with E-state index in [1.165, 1.54) is 0 Å². The molecule has 0 saturated heterocycles. The molecule has 0 fully saturated rings. The normalized spacial score (nSPS) is 25.0. The molecule has 0 saturated carbocycles. The van der Waals surface area contributed by atoms with E-state index < -0.39 is 0 Å². The number of guanidine groups is 1. The Morgan fingerprint density at radius 3 is 2.75 bits per heavy atom. The molecule has 1 aliphatic heterocycles. The summed E-state index contributed by atoms with van der Waals surface area (Å²) in [4.78, 5) is 10.9. The fraction of sp³-hybridized carbons (Fsp3) is 0.500. The summed E-state index contributed by atoms with van der Waals surface area (Å²) in [6.45, 7) is 7.05. The predicted octanol–water partition coefficient (Wildman–Crippen LogP) is 1.34. The van der Waals surface area contributed by atoms with Crippen molar-refractivity contribution < 1.29 is 0 Å². The molecular weight excluding hydrogens is 200 g/mol. The Balaban J connectivity index is 2.40. The van der Waals surface area contributed by atoms with Crippen LogP contribution in [0.2, 0.25) is 0 Å². The first-order chi connectivity index (χ1) is 7.55. The summed E-state index contributed by atoms with van der Waals surface area (Å²) in [6.07, 6.45) is 1.81. The standard InChI is InChI=1S/C12H18N4/c1-9(2)16-11(13)15-8-12(16,3)10-6-4-5-7-14-10/h4-7,9H,8H2,1-3H3,(H2,13,15). The second kappa shape index (κ2) is 3.77. The molecular formula is C12H18N4. The lowest BCUT2D eigenvalue weighted by Gasteiger charge is -2.38. The third-order valence-corrected chi connectivity index (χ3v) is 3.06. The molecule has 0 aromatic carbocycles. The molecule has 2 heterocycles. The highest BCUT2D eigenvalue weighted by molar-refractivity contribution is 5.81. The first kappa shape index (κ1) is 10.9. The molecule has 1 atom stereocenters. The summed E-state index contributed by atoms with van der Waals surface area (Å²) in [5, 5.41) is 0. The molecule has 16 heavy (non-hydrogen) atoms. The Hall–Kier alpha value is -1.58. The zero-order valence-electron chi connectivity index (χ0n) is 10.0. The third kappa shape index (κ3) is 1.54. The van der Waals surface area contributed by atoms with Gasteiger partial charge in [0.05, 0.1) is 12.2 Å². The number of hydrogen-bond acceptors (Lipinski definition) is 4. The molecule has 4 heteroatoms. The topological polar surface area (TPSA) is 54.5 Å². The quantitative estimate of drug-likeness (QED) is 0.815. The number of hydrogen-bond donors (Lipinski definition) is 1. The van der Waals surface area contributed by atoms with Gasteiger partial charge in [-0.25, -0.2) is 0 Å². The lowest BCUT2D eigenvalue weighted by atomic mass is 9.95. The van der Waals surface area contributed by atoms with Crippen LogP contribution < -0.4 is 5.73 Å². The molecule has 4 nitrogen and oxygen atoms in total. The van der Waals surface area contributed by atoms with Gasteiger partial charge in [-0.05, 0) is 32.9 Å². The molecule has 0 spiro atoms. The van der Waals surface area contributed by atoms with Crippen LogP contribution in [0.25, 0.3) is 0 Å². The molecule has 2 N–H and O–H groups in total. The zero-order chi connectivity index (χ0) is 11.8. The summed E-state index contributed by atoms with van der Waals surface area (Å²) in [5.41, 5.74) is 6.75. The zero-order valence-corrected chi connectivity index (χ0v) is 10.0. The van der Waals surface area contributed by atoms with Crippen molar-refractivity contribution in [3.05, 3.63) is 30.1 Å². The van der Waals surface area contributed by atoms with E-state index in [2.05, 4.69) is 35.6 Å². The third-order valence-electron chi connectivity index (χ3n) is 3.06. The van der Waals surface area contributed by atoms with Crippen LogP contribution in [0.1, 0.15) is 26.5 Å². The molecule has 86 valence electrons. The second-order valence-electron chi connectivity index (χ2n) is 4.63. The second-order valence-corrected chi connectivity index (χ2v) is 4.63. The summed E-state index contributed by atoms with van der Waals surface area (Å²) in [6, 6.07) is 6.27. The van der Waals surface area contributed by atoms with Crippen molar-refractivity contribution in [3.8, 4) is 0 Å². The van der Waals surface area contributed by atoms with Gasteiger partial charge in [-0.15, -0.1) is 0 Å². The number of rotatable bonds is 2. The van der Waals surface area contributed by atoms with Crippen LogP contribution in [-0.4, -0.2) is 28.4 Å². The summed E-state index contributed by atoms with van der Waals surface area (Å²) < 4.78 is 0. The van der Waals surface area contributed by atoms with Gasteiger partial charge in [0, 0.05) is 12.2 Å². The van der Waals surface area contributed by atoms with Gasteiger partial charge < -0.3 is 10.6 Å². The molecule has 2 rings (SSSR count). The molecule has 1 aliphatic rings. The Morgan fingerprint density at radius 1 is 1.44 bits per heavy atom. The maximum Gasteiger partial charge on any atom is 0.192 e. The average Bonchev–Trinajstić information content (AvgIpc) is 2.57. The van der Waals surface area contributed by atoms with Crippen LogP contribution in [0.3, 0.4) is 0 Å². The van der Waals surface area contributed by atoms with Crippen LogP contribution in [0, 0.1) is 0 Å². The van der Waals surface area contributed by atoms with Gasteiger partial charge in [0.15, 0.2) is 5.96 Å². The van der Waals surface area contributed by atoms with E-state index in [1.54, 1.807) is 0 Å². The van der Waals surface area contributed by atoms with Crippen molar-refractivity contribution in [1.82, 2.24) is 9.88 Å². The van der Waals surface area contributed by atoms with Gasteiger partial charge in [0.25, 0.3) is 0 Å². The minimum Gasteiger partial charge on any atom is -0.370 e. The molecule has 0 radical (unpaired) electrons. The van der Waals surface area contributed by atoms with Crippen molar-refractivity contribution in [2.45, 2.75) is 32.4 Å². The van der Waals surface area contributed by atoms with Crippen LogP contribution in [0.15, 0.2) is 29.4 Å². The Kier molecular flexibility index (Phi) is 2.58. The number of aromatic nitrogens is 1. The van der Waals surface area contributed by atoms with Crippen LogP contribution >= 0.6 is 0 Å². The SMILES string of the molecule is CC(C)N1C(N)=NCC1(C)c1ccccn1. The van der Waals surface area contributed by atoms with E-state index in [0.29, 0.717) is 18.5 Å². The largest absolute Gasteiger partial charge is 0.370 e. The smallest absolute Gasteiger partial charge is 0.192 e. The summed E-state index contributed by atoms with van der Waals surface area (Å²) in [5.74, 6) is 0.614. The molecule has 0 amide bonds. The number of aliphatic imine (C=N–C) groups is 1. The van der Waals surface area contributed by atoms with Crippen molar-refractivity contribution in [3.63, 3.8) is 0 Å². The maximum absolute atomic E-state index is 5.94. The van der Waals surface area contributed by atoms with E-state index in [0.717, 1.165) is 5.69 Å². The van der Waals surface area contributed by atoms with Gasteiger partial charge in [0.1, 0.15) is 5.54 Å². The van der Waals surface area contributed by atoms with E-state index in [1.807, 2.05) is 24.4 Å². The van der Waals surface area contributed by atoms with Gasteiger partial charge in [-0.1, -0.05) is 6.07 Å². The lowest BCUT2D eigenvalue weighted by molar-refractivity contribution is 0.180. The van der Waals surface area contributed by atoms with Gasteiger partial charge in [0.2, 0.25) is 0 Å². The first-order valence-corrected chi connectivity index (χ1v) is 5.56. The highest BCUT2D eigenvalue weighted by atomic mass is 15.4. The lowest BCUT2D eigenvalue weighted by Crippen LogP contribution is -2.51. The van der Waals surface area contributed by atoms with Crippen molar-refractivity contribution in [1.29, 1.82) is 0 Å². The van der Waals surface area contributed by atoms with E-state index in [4.69, 9.17) is 5.73 Å². The van der Waals surface area contributed by atoms with Crippen LogP contribution in [0.4, 0.5) is 0 Å². The van der Waals surface area contributed by atoms with Crippen molar-refractivity contribution >= 4 is 5.96 Å². The monoisotopic (exact) mass is 218 g/mol. The van der Waals surface area contributed by atoms with Gasteiger partial charge in [-0.2, -0.15) is 0 Å². The number of nitrogens with zero attached hydrogens (tertiary/aromatic N) is 3. The molecule has 1 aromatic rings. The molecule has 0 aliphatic carbocycles. The number of pyridine rings is 1. The minimum atomic E-state index is -0.209. The van der Waals surface area contributed by atoms with Crippen LogP contribution in [0.5, 0.6) is 0 Å². The van der Waals surface area contributed by atoms with E-state index in [9.17, 15) is 0 Å². The maximum atomic E-state index is 5.94. The van der Waals surface area contributed by atoms with E-state index >= 15 is 0 Å². The fourth-order valence-electron chi connectivity index (χ4n) is 2.36. The highest BCUT2D eigenvalue weighted by Gasteiger charge is 2.41. The summed E-state index contributed by atoms with van der Waals surface area (Å²) in [7, 11) is 0. The highest BCUT2D eigenvalue weighted by Crippen LogP contribution is 2.32. The van der Waals surface area contributed by atoms with Crippen molar-refractivity contribution in [2.75, 3.05) is 6.54 Å². The minimum absolute atomic E-state index is 0.209. The average molecular weight is 218 g/mol. The number of nitrogens with two attached hydrogens (primary N) is 1. The predicted molar refractivity (Wildman–Crippen MR) is 65.1 cm³/mol. The van der Waals surface area contributed by atoms with Gasteiger partial charge in [-0.3, -0.25) is 9.98 Å².